The Morgan fingerprint density at radius 1 is 2.00 bits per heavy atom. The maximum absolute atomic E-state index is 9.88. The van der Waals surface area contributed by atoms with Crippen molar-refractivity contribution in [3.05, 3.63) is 12.8 Å². The molecular weight excluding hydrogens is 92.1 g/mol. The topological polar surface area (TPSA) is 26.3 Å². The molecule has 0 spiro atoms. The molecule has 36 valence electrons. The van der Waals surface area contributed by atoms with Gasteiger partial charge in [-0.3, -0.25) is 0 Å². The van der Waals surface area contributed by atoms with Crippen LogP contribution in [0.1, 0.15) is 0 Å². The summed E-state index contributed by atoms with van der Waals surface area (Å²) in [5.41, 5.74) is 0. The van der Waals surface area contributed by atoms with Gasteiger partial charge < -0.3 is 4.74 Å². The molecule has 0 unspecified atom stereocenters. The van der Waals surface area contributed by atoms with Crippen molar-refractivity contribution in [1.82, 2.24) is 0 Å². The van der Waals surface area contributed by atoms with Gasteiger partial charge in [-0.15, -0.1) is 6.42 Å². The van der Waals surface area contributed by atoms with Gasteiger partial charge in [0.05, 0.1) is 6.26 Å². The second-order valence-electron chi connectivity index (χ2n) is 0.716. The van der Waals surface area contributed by atoms with Gasteiger partial charge in [-0.05, 0) is 0 Å². The first-order chi connectivity index (χ1) is 3.31. The lowest BCUT2D eigenvalue weighted by Crippen LogP contribution is -1.91. The number of terminal acetylenes is 1. The van der Waals surface area contributed by atoms with Crippen molar-refractivity contribution in [2.24, 2.45) is 0 Å². The minimum absolute atomic E-state index is 0.713. The molecule has 7 heavy (non-hydrogen) atoms. The molecule has 0 radical (unpaired) electrons. The molecule has 2 nitrogen and oxygen atoms in total. The van der Waals surface area contributed by atoms with Gasteiger partial charge in [0.1, 0.15) is 0 Å². The molecule has 0 aliphatic heterocycles. The fourth-order valence-corrected chi connectivity index (χ4v) is 0.110. The van der Waals surface area contributed by atoms with E-state index in [0.29, 0.717) is 0 Å². The van der Waals surface area contributed by atoms with Crippen LogP contribution in [0, 0.1) is 12.3 Å². The van der Waals surface area contributed by atoms with E-state index in [2.05, 4.69) is 17.7 Å². The predicted molar refractivity (Wildman–Crippen MR) is 25.1 cm³/mol. The Balaban J connectivity index is 3.43. The van der Waals surface area contributed by atoms with Gasteiger partial charge in [-0.2, -0.15) is 0 Å². The molecule has 0 rings (SSSR count). The van der Waals surface area contributed by atoms with Crippen LogP contribution in [0.15, 0.2) is 12.8 Å². The molecule has 0 aliphatic rings. The van der Waals surface area contributed by atoms with Gasteiger partial charge in [0.15, 0.2) is 0 Å². The zero-order chi connectivity index (χ0) is 5.70. The van der Waals surface area contributed by atoms with Crippen molar-refractivity contribution in [3.8, 4) is 12.3 Å². The summed E-state index contributed by atoms with van der Waals surface area (Å²) in [6.45, 7) is 3.11. The van der Waals surface area contributed by atoms with Crippen molar-refractivity contribution < 1.29 is 9.53 Å². The highest BCUT2D eigenvalue weighted by Gasteiger charge is 1.85. The molecule has 2 heteroatoms. The molecular formula is C5H4O2. The van der Waals surface area contributed by atoms with Gasteiger partial charge in [0.25, 0.3) is 0 Å². The molecule has 0 aromatic carbocycles. The van der Waals surface area contributed by atoms with Gasteiger partial charge in [-0.1, -0.05) is 6.58 Å². The lowest BCUT2D eigenvalue weighted by molar-refractivity contribution is -0.131. The van der Waals surface area contributed by atoms with E-state index < -0.39 is 5.97 Å². The first kappa shape index (κ1) is 5.77. The van der Waals surface area contributed by atoms with Gasteiger partial charge in [-0.25, -0.2) is 4.79 Å². The highest BCUT2D eigenvalue weighted by atomic mass is 16.5. The molecule has 0 bridgehead atoms. The van der Waals surface area contributed by atoms with E-state index in [1.165, 1.54) is 0 Å². The summed E-state index contributed by atoms with van der Waals surface area (Å²) in [7, 11) is 0. The predicted octanol–water partition coefficient (Wildman–Crippen LogP) is 0.306. The van der Waals surface area contributed by atoms with Crippen molar-refractivity contribution in [1.29, 1.82) is 0 Å². The van der Waals surface area contributed by atoms with Crippen LogP contribution in [0.3, 0.4) is 0 Å². The van der Waals surface area contributed by atoms with Crippen molar-refractivity contribution in [2.45, 2.75) is 0 Å². The van der Waals surface area contributed by atoms with Crippen molar-refractivity contribution in [2.75, 3.05) is 0 Å². The van der Waals surface area contributed by atoms with Gasteiger partial charge in [0, 0.05) is 5.92 Å². The standard InChI is InChI=1S/C5H4O2/c1-3-5(6)7-4-2/h1,4H,2H2. The van der Waals surface area contributed by atoms with Crippen molar-refractivity contribution >= 4 is 5.97 Å². The van der Waals surface area contributed by atoms with Crippen LogP contribution in [0.5, 0.6) is 0 Å². The normalized spacial score (nSPS) is 6.14. The second kappa shape index (κ2) is 2.98. The summed E-state index contributed by atoms with van der Waals surface area (Å²) in [5, 5.41) is 0. The zero-order valence-corrected chi connectivity index (χ0v) is 3.68. The molecule has 0 aromatic heterocycles. The van der Waals surface area contributed by atoms with E-state index in [0.717, 1.165) is 6.26 Å². The molecule has 0 saturated heterocycles. The van der Waals surface area contributed by atoms with E-state index in [9.17, 15) is 4.79 Å². The van der Waals surface area contributed by atoms with E-state index in [1.807, 2.05) is 0 Å². The number of hydrogen-bond acceptors (Lipinski definition) is 2. The van der Waals surface area contributed by atoms with Crippen LogP contribution in [0.2, 0.25) is 0 Å². The molecule has 0 aliphatic carbocycles. The van der Waals surface area contributed by atoms with E-state index in [4.69, 9.17) is 0 Å². The van der Waals surface area contributed by atoms with Crippen LogP contribution in [-0.2, 0) is 9.53 Å². The number of carbonyl (C=O) groups excluding carboxylic acids is 1. The van der Waals surface area contributed by atoms with Crippen molar-refractivity contribution in [3.63, 3.8) is 0 Å². The van der Waals surface area contributed by atoms with Gasteiger partial charge >= 0.3 is 5.97 Å². The Bertz CT molecular complexity index is 119. The number of rotatable bonds is 1. The molecule has 0 N–H and O–H groups in total. The van der Waals surface area contributed by atoms with Crippen LogP contribution in [-0.4, -0.2) is 5.97 Å². The fraction of sp³-hybridized carbons (Fsp3) is 0. The second-order valence-corrected chi connectivity index (χ2v) is 0.716. The quantitative estimate of drug-likeness (QED) is 0.203. The molecule has 0 heterocycles. The fourth-order valence-electron chi connectivity index (χ4n) is 0.110. The van der Waals surface area contributed by atoms with E-state index in [-0.39, 0.29) is 0 Å². The van der Waals surface area contributed by atoms with E-state index >= 15 is 0 Å². The largest absolute Gasteiger partial charge is 0.426 e. The Hall–Kier alpha value is -1.23. The average Bonchev–Trinajstić information content (AvgIpc) is 1.68. The van der Waals surface area contributed by atoms with Gasteiger partial charge in [0.2, 0.25) is 0 Å². The number of ether oxygens (including phenoxy) is 1. The first-order valence-corrected chi connectivity index (χ1v) is 1.59. The summed E-state index contributed by atoms with van der Waals surface area (Å²) < 4.78 is 4.08. The Labute approximate surface area is 41.8 Å². The average molecular weight is 96.1 g/mol. The summed E-state index contributed by atoms with van der Waals surface area (Å²) in [5.74, 6) is 1.02. The third-order valence-corrected chi connectivity index (χ3v) is 0.308. The van der Waals surface area contributed by atoms with Crippen LogP contribution in [0.25, 0.3) is 0 Å². The van der Waals surface area contributed by atoms with Crippen LogP contribution >= 0.6 is 0 Å². The summed E-state index contributed by atoms with van der Waals surface area (Å²) in [4.78, 5) is 9.88. The number of hydrogen-bond donors (Lipinski definition) is 0. The maximum Gasteiger partial charge on any atom is 0.388 e. The Morgan fingerprint density at radius 2 is 2.57 bits per heavy atom. The minimum Gasteiger partial charge on any atom is -0.426 e. The Kier molecular flexibility index (Phi) is 2.46. The first-order valence-electron chi connectivity index (χ1n) is 1.59. The number of esters is 1. The third kappa shape index (κ3) is 2.58. The lowest BCUT2D eigenvalue weighted by atomic mass is 10.7. The molecule has 0 amide bonds. The number of carbonyl (C=O) groups is 1. The summed E-state index contributed by atoms with van der Waals surface area (Å²) >= 11 is 0. The molecule has 0 saturated carbocycles. The maximum atomic E-state index is 9.88. The lowest BCUT2D eigenvalue weighted by Gasteiger charge is -1.82. The highest BCUT2D eigenvalue weighted by molar-refractivity contribution is 5.87. The Morgan fingerprint density at radius 3 is 2.71 bits per heavy atom. The summed E-state index contributed by atoms with van der Waals surface area (Å²) in [6, 6.07) is 0. The van der Waals surface area contributed by atoms with Crippen LogP contribution in [0.4, 0.5) is 0 Å². The third-order valence-electron chi connectivity index (χ3n) is 0.308. The molecule has 0 atom stereocenters. The summed E-state index contributed by atoms with van der Waals surface area (Å²) in [6.07, 6.45) is 5.57. The SMILES string of the molecule is C#CC(=O)OC=C. The highest BCUT2D eigenvalue weighted by Crippen LogP contribution is 1.71. The zero-order valence-electron chi connectivity index (χ0n) is 3.68. The molecule has 0 fully saturated rings. The molecule has 0 aromatic rings. The monoisotopic (exact) mass is 96.0 g/mol. The van der Waals surface area contributed by atoms with Crippen LogP contribution < -0.4 is 0 Å². The smallest absolute Gasteiger partial charge is 0.388 e. The minimum atomic E-state index is -0.713. The van der Waals surface area contributed by atoms with E-state index in [1.54, 1.807) is 5.92 Å².